The summed E-state index contributed by atoms with van der Waals surface area (Å²) in [7, 11) is 1.72. The van der Waals surface area contributed by atoms with Gasteiger partial charge < -0.3 is 15.0 Å². The van der Waals surface area contributed by atoms with Crippen molar-refractivity contribution in [3.05, 3.63) is 24.0 Å². The minimum absolute atomic E-state index is 0.278. The zero-order chi connectivity index (χ0) is 8.81. The van der Waals surface area contributed by atoms with Crippen LogP contribution < -0.4 is 5.32 Å². The van der Waals surface area contributed by atoms with Crippen LogP contribution in [0.2, 0.25) is 0 Å². The molecule has 0 aromatic carbocycles. The first-order valence-corrected chi connectivity index (χ1v) is 4.18. The zero-order valence-electron chi connectivity index (χ0n) is 7.63. The van der Waals surface area contributed by atoms with Crippen molar-refractivity contribution in [1.82, 2.24) is 10.3 Å². The van der Waals surface area contributed by atoms with Crippen molar-refractivity contribution in [3.63, 3.8) is 0 Å². The zero-order valence-corrected chi connectivity index (χ0v) is 7.63. The lowest BCUT2D eigenvalue weighted by atomic mass is 10.4. The average molecular weight is 168 g/mol. The lowest BCUT2D eigenvalue weighted by molar-refractivity contribution is 0.117. The quantitative estimate of drug-likeness (QED) is 0.691. The molecular weight excluding hydrogens is 152 g/mol. The molecule has 1 unspecified atom stereocenters. The largest absolute Gasteiger partial charge is 0.380 e. The second-order valence-corrected chi connectivity index (χ2v) is 2.87. The fraction of sp³-hybridized carbons (Fsp3) is 0.556. The summed E-state index contributed by atoms with van der Waals surface area (Å²) in [5, 5.41) is 3.28. The highest BCUT2D eigenvalue weighted by molar-refractivity contribution is 5.02. The summed E-state index contributed by atoms with van der Waals surface area (Å²) >= 11 is 0. The number of nitrogens with one attached hydrogen (secondary N) is 2. The van der Waals surface area contributed by atoms with Crippen LogP contribution in [0.4, 0.5) is 0 Å². The van der Waals surface area contributed by atoms with Crippen molar-refractivity contribution in [2.75, 3.05) is 13.7 Å². The topological polar surface area (TPSA) is 37.0 Å². The van der Waals surface area contributed by atoms with Gasteiger partial charge in [-0.2, -0.15) is 0 Å². The predicted octanol–water partition coefficient (Wildman–Crippen LogP) is 1.14. The molecule has 0 aliphatic carbocycles. The van der Waals surface area contributed by atoms with E-state index in [1.54, 1.807) is 7.11 Å². The second-order valence-electron chi connectivity index (χ2n) is 2.87. The van der Waals surface area contributed by atoms with Crippen LogP contribution in [0.15, 0.2) is 18.3 Å². The molecule has 0 spiro atoms. The number of hydrogen-bond donors (Lipinski definition) is 2. The molecule has 1 heterocycles. The Morgan fingerprint density at radius 2 is 2.50 bits per heavy atom. The molecule has 0 saturated heterocycles. The number of ether oxygens (including phenoxy) is 1. The normalized spacial score (nSPS) is 13.2. The van der Waals surface area contributed by atoms with Gasteiger partial charge in [-0.15, -0.1) is 0 Å². The Morgan fingerprint density at radius 3 is 3.08 bits per heavy atom. The fourth-order valence-corrected chi connectivity index (χ4v) is 0.971. The standard InChI is InChI=1S/C9H16N2O/c1-8(12-2)6-10-7-9-4-3-5-11-9/h3-5,8,10-11H,6-7H2,1-2H3. The fourth-order valence-electron chi connectivity index (χ4n) is 0.971. The summed E-state index contributed by atoms with van der Waals surface area (Å²) in [5.41, 5.74) is 1.21. The molecule has 0 amide bonds. The van der Waals surface area contributed by atoms with Gasteiger partial charge in [-0.05, 0) is 19.1 Å². The predicted molar refractivity (Wildman–Crippen MR) is 49.0 cm³/mol. The van der Waals surface area contributed by atoms with Gasteiger partial charge in [-0.25, -0.2) is 0 Å². The van der Waals surface area contributed by atoms with Crippen LogP contribution in [0.3, 0.4) is 0 Å². The summed E-state index contributed by atoms with van der Waals surface area (Å²) in [5.74, 6) is 0. The van der Waals surface area contributed by atoms with Gasteiger partial charge in [0.2, 0.25) is 0 Å². The maximum Gasteiger partial charge on any atom is 0.0667 e. The van der Waals surface area contributed by atoms with E-state index in [4.69, 9.17) is 4.74 Å². The summed E-state index contributed by atoms with van der Waals surface area (Å²) in [6.45, 7) is 3.80. The van der Waals surface area contributed by atoms with Crippen LogP contribution in [0.1, 0.15) is 12.6 Å². The minimum atomic E-state index is 0.278. The van der Waals surface area contributed by atoms with Gasteiger partial charge in [-0.3, -0.25) is 0 Å². The third kappa shape index (κ3) is 3.07. The number of H-pyrrole nitrogens is 1. The number of hydrogen-bond acceptors (Lipinski definition) is 2. The van der Waals surface area contributed by atoms with Gasteiger partial charge in [0.1, 0.15) is 0 Å². The van der Waals surface area contributed by atoms with Gasteiger partial charge in [0.05, 0.1) is 6.10 Å². The van der Waals surface area contributed by atoms with E-state index in [9.17, 15) is 0 Å². The van der Waals surface area contributed by atoms with E-state index < -0.39 is 0 Å². The van der Waals surface area contributed by atoms with Crippen LogP contribution in [0, 0.1) is 0 Å². The Kier molecular flexibility index (Phi) is 3.84. The number of methoxy groups -OCH3 is 1. The van der Waals surface area contributed by atoms with Gasteiger partial charge in [-0.1, -0.05) is 0 Å². The molecule has 0 aliphatic heterocycles. The molecule has 68 valence electrons. The first-order chi connectivity index (χ1) is 5.83. The SMILES string of the molecule is COC(C)CNCc1ccc[nH]1. The van der Waals surface area contributed by atoms with Crippen LogP contribution in [-0.2, 0) is 11.3 Å². The van der Waals surface area contributed by atoms with Crippen molar-refractivity contribution in [1.29, 1.82) is 0 Å². The van der Waals surface area contributed by atoms with E-state index in [2.05, 4.69) is 16.4 Å². The lowest BCUT2D eigenvalue weighted by Gasteiger charge is -2.09. The van der Waals surface area contributed by atoms with Gasteiger partial charge in [0.15, 0.2) is 0 Å². The van der Waals surface area contributed by atoms with Gasteiger partial charge in [0.25, 0.3) is 0 Å². The molecule has 3 heteroatoms. The summed E-state index contributed by atoms with van der Waals surface area (Å²) < 4.78 is 5.10. The highest BCUT2D eigenvalue weighted by Crippen LogP contribution is 1.93. The summed E-state index contributed by atoms with van der Waals surface area (Å²) in [6, 6.07) is 4.06. The maximum absolute atomic E-state index is 5.10. The van der Waals surface area contributed by atoms with E-state index >= 15 is 0 Å². The van der Waals surface area contributed by atoms with Crippen LogP contribution >= 0.6 is 0 Å². The van der Waals surface area contributed by atoms with E-state index in [1.165, 1.54) is 5.69 Å². The minimum Gasteiger partial charge on any atom is -0.380 e. The summed E-state index contributed by atoms with van der Waals surface area (Å²) in [6.07, 6.45) is 2.21. The maximum atomic E-state index is 5.10. The number of aromatic nitrogens is 1. The van der Waals surface area contributed by atoms with Gasteiger partial charge in [0, 0.05) is 32.1 Å². The monoisotopic (exact) mass is 168 g/mol. The Labute approximate surface area is 73.1 Å². The molecule has 1 atom stereocenters. The van der Waals surface area contributed by atoms with Crippen molar-refractivity contribution in [3.8, 4) is 0 Å². The van der Waals surface area contributed by atoms with E-state index in [-0.39, 0.29) is 6.10 Å². The van der Waals surface area contributed by atoms with E-state index in [0.29, 0.717) is 0 Å². The average Bonchev–Trinajstić information content (AvgIpc) is 2.57. The van der Waals surface area contributed by atoms with Crippen LogP contribution in [0.5, 0.6) is 0 Å². The molecule has 1 aromatic heterocycles. The molecular formula is C9H16N2O. The van der Waals surface area contributed by atoms with Crippen LogP contribution in [-0.4, -0.2) is 24.7 Å². The van der Waals surface area contributed by atoms with Crippen molar-refractivity contribution >= 4 is 0 Å². The molecule has 0 radical (unpaired) electrons. The molecule has 0 bridgehead atoms. The number of rotatable bonds is 5. The highest BCUT2D eigenvalue weighted by Gasteiger charge is 1.97. The van der Waals surface area contributed by atoms with E-state index in [0.717, 1.165) is 13.1 Å². The van der Waals surface area contributed by atoms with Crippen molar-refractivity contribution in [2.45, 2.75) is 19.6 Å². The Hall–Kier alpha value is -0.800. The molecule has 12 heavy (non-hydrogen) atoms. The van der Waals surface area contributed by atoms with Crippen molar-refractivity contribution in [2.24, 2.45) is 0 Å². The third-order valence-electron chi connectivity index (χ3n) is 1.81. The smallest absolute Gasteiger partial charge is 0.0667 e. The molecule has 1 aromatic rings. The van der Waals surface area contributed by atoms with Crippen LogP contribution in [0.25, 0.3) is 0 Å². The van der Waals surface area contributed by atoms with E-state index in [1.807, 2.05) is 19.2 Å². The molecule has 0 fully saturated rings. The Balaban J connectivity index is 2.11. The van der Waals surface area contributed by atoms with Crippen molar-refractivity contribution < 1.29 is 4.74 Å². The molecule has 2 N–H and O–H groups in total. The Bertz CT molecular complexity index is 196. The third-order valence-corrected chi connectivity index (χ3v) is 1.81. The second kappa shape index (κ2) is 4.95. The molecule has 1 rings (SSSR count). The first kappa shape index (κ1) is 9.29. The summed E-state index contributed by atoms with van der Waals surface area (Å²) in [4.78, 5) is 3.13. The molecule has 3 nitrogen and oxygen atoms in total. The first-order valence-electron chi connectivity index (χ1n) is 4.18. The lowest BCUT2D eigenvalue weighted by Crippen LogP contribution is -2.25. The molecule has 0 aliphatic rings. The number of aromatic amines is 1. The Morgan fingerprint density at radius 1 is 1.67 bits per heavy atom. The molecule has 0 saturated carbocycles. The van der Waals surface area contributed by atoms with Gasteiger partial charge >= 0.3 is 0 Å². The highest BCUT2D eigenvalue weighted by atomic mass is 16.5.